The standard InChI is InChI=1S/C7H16N4O3S/c1-14-6-3-7-15(12,13)10-5-2-4-9-11-8/h10H,2-7H2,1H3. The van der Waals surface area contributed by atoms with Crippen LogP contribution < -0.4 is 4.72 Å². The van der Waals surface area contributed by atoms with Crippen LogP contribution in [0.25, 0.3) is 10.4 Å². The SMILES string of the molecule is COCCCS(=O)(=O)NCCCN=[N+]=[N-]. The van der Waals surface area contributed by atoms with Crippen molar-refractivity contribution >= 4 is 10.0 Å². The molecule has 0 radical (unpaired) electrons. The van der Waals surface area contributed by atoms with Crippen molar-refractivity contribution in [2.45, 2.75) is 12.8 Å². The van der Waals surface area contributed by atoms with Gasteiger partial charge in [-0.1, -0.05) is 5.11 Å². The van der Waals surface area contributed by atoms with Gasteiger partial charge in [-0.05, 0) is 18.4 Å². The highest BCUT2D eigenvalue weighted by Crippen LogP contribution is 1.91. The Morgan fingerprint density at radius 3 is 2.80 bits per heavy atom. The minimum Gasteiger partial charge on any atom is -0.385 e. The monoisotopic (exact) mass is 236 g/mol. The van der Waals surface area contributed by atoms with Crippen molar-refractivity contribution in [2.75, 3.05) is 32.6 Å². The predicted molar refractivity (Wildman–Crippen MR) is 56.9 cm³/mol. The van der Waals surface area contributed by atoms with Gasteiger partial charge in [0, 0.05) is 31.7 Å². The summed E-state index contributed by atoms with van der Waals surface area (Å²) in [7, 11) is -1.68. The number of ether oxygens (including phenoxy) is 1. The van der Waals surface area contributed by atoms with E-state index in [2.05, 4.69) is 14.7 Å². The average molecular weight is 236 g/mol. The van der Waals surface area contributed by atoms with E-state index >= 15 is 0 Å². The lowest BCUT2D eigenvalue weighted by Gasteiger charge is -2.04. The van der Waals surface area contributed by atoms with Gasteiger partial charge in [-0.25, -0.2) is 13.1 Å². The Morgan fingerprint density at radius 1 is 1.47 bits per heavy atom. The van der Waals surface area contributed by atoms with Gasteiger partial charge in [-0.2, -0.15) is 0 Å². The largest absolute Gasteiger partial charge is 0.385 e. The van der Waals surface area contributed by atoms with Gasteiger partial charge in [0.1, 0.15) is 0 Å². The molecule has 0 rings (SSSR count). The van der Waals surface area contributed by atoms with Gasteiger partial charge in [-0.15, -0.1) is 0 Å². The van der Waals surface area contributed by atoms with Crippen LogP contribution in [0, 0.1) is 0 Å². The second kappa shape index (κ2) is 8.49. The zero-order chi connectivity index (χ0) is 11.6. The van der Waals surface area contributed by atoms with Crippen LogP contribution in [-0.2, 0) is 14.8 Å². The molecule has 0 saturated heterocycles. The van der Waals surface area contributed by atoms with E-state index in [0.717, 1.165) is 0 Å². The number of sulfonamides is 1. The van der Waals surface area contributed by atoms with Gasteiger partial charge in [0.15, 0.2) is 0 Å². The smallest absolute Gasteiger partial charge is 0.211 e. The van der Waals surface area contributed by atoms with E-state index in [4.69, 9.17) is 10.3 Å². The Kier molecular flexibility index (Phi) is 8.02. The van der Waals surface area contributed by atoms with Crippen LogP contribution in [0.15, 0.2) is 5.11 Å². The highest BCUT2D eigenvalue weighted by molar-refractivity contribution is 7.89. The van der Waals surface area contributed by atoms with E-state index < -0.39 is 10.0 Å². The van der Waals surface area contributed by atoms with Crippen LogP contribution in [0.4, 0.5) is 0 Å². The van der Waals surface area contributed by atoms with Crippen LogP contribution in [0.5, 0.6) is 0 Å². The number of hydrogen-bond donors (Lipinski definition) is 1. The molecule has 7 nitrogen and oxygen atoms in total. The molecule has 0 amide bonds. The summed E-state index contributed by atoms with van der Waals surface area (Å²) >= 11 is 0. The molecule has 0 aromatic carbocycles. The van der Waals surface area contributed by atoms with Crippen molar-refractivity contribution in [1.82, 2.24) is 4.72 Å². The minimum absolute atomic E-state index is 0.0579. The maximum atomic E-state index is 11.3. The van der Waals surface area contributed by atoms with E-state index in [1.54, 1.807) is 0 Å². The first-order valence-electron chi connectivity index (χ1n) is 4.59. The van der Waals surface area contributed by atoms with Crippen molar-refractivity contribution in [2.24, 2.45) is 5.11 Å². The van der Waals surface area contributed by atoms with E-state index in [1.807, 2.05) is 0 Å². The highest BCUT2D eigenvalue weighted by Gasteiger charge is 2.07. The molecule has 0 aromatic rings. The summed E-state index contributed by atoms with van der Waals surface area (Å²) in [5, 5.41) is 3.29. The molecule has 0 atom stereocenters. The first-order valence-corrected chi connectivity index (χ1v) is 6.25. The summed E-state index contributed by atoms with van der Waals surface area (Å²) in [6, 6.07) is 0. The van der Waals surface area contributed by atoms with E-state index in [-0.39, 0.29) is 5.75 Å². The fourth-order valence-electron chi connectivity index (χ4n) is 0.888. The molecular weight excluding hydrogens is 220 g/mol. The van der Waals surface area contributed by atoms with Crippen LogP contribution in [0.1, 0.15) is 12.8 Å². The zero-order valence-corrected chi connectivity index (χ0v) is 9.53. The summed E-state index contributed by atoms with van der Waals surface area (Å²) in [5.74, 6) is 0.0579. The molecule has 0 aliphatic carbocycles. The molecule has 0 aromatic heterocycles. The number of rotatable bonds is 9. The van der Waals surface area contributed by atoms with Gasteiger partial charge in [-0.3, -0.25) is 0 Å². The summed E-state index contributed by atoms with van der Waals surface area (Å²) in [6.45, 7) is 1.03. The Morgan fingerprint density at radius 2 is 2.20 bits per heavy atom. The quantitative estimate of drug-likeness (QED) is 0.275. The molecule has 0 aliphatic rings. The number of nitrogens with one attached hydrogen (secondary N) is 1. The molecule has 15 heavy (non-hydrogen) atoms. The summed E-state index contributed by atoms with van der Waals surface area (Å²) in [4.78, 5) is 2.56. The van der Waals surface area contributed by atoms with Crippen molar-refractivity contribution in [1.29, 1.82) is 0 Å². The molecule has 0 unspecified atom stereocenters. The van der Waals surface area contributed by atoms with Crippen molar-refractivity contribution in [3.63, 3.8) is 0 Å². The molecule has 0 spiro atoms. The van der Waals surface area contributed by atoms with Gasteiger partial charge >= 0.3 is 0 Å². The normalized spacial score (nSPS) is 11.0. The Hall–Kier alpha value is -0.820. The molecule has 0 fully saturated rings. The second-order valence-electron chi connectivity index (χ2n) is 2.87. The zero-order valence-electron chi connectivity index (χ0n) is 8.72. The fourth-order valence-corrected chi connectivity index (χ4v) is 1.99. The minimum atomic E-state index is -3.21. The third-order valence-electron chi connectivity index (χ3n) is 1.58. The molecule has 1 N–H and O–H groups in total. The van der Waals surface area contributed by atoms with Crippen LogP contribution in [-0.4, -0.2) is 41.0 Å². The third-order valence-corrected chi connectivity index (χ3v) is 3.05. The van der Waals surface area contributed by atoms with Crippen molar-refractivity contribution < 1.29 is 13.2 Å². The lowest BCUT2D eigenvalue weighted by Crippen LogP contribution is -2.28. The first kappa shape index (κ1) is 14.2. The number of azide groups is 1. The first-order chi connectivity index (χ1) is 7.12. The molecule has 0 heterocycles. The summed E-state index contributed by atoms with van der Waals surface area (Å²) < 4.78 is 29.7. The lowest BCUT2D eigenvalue weighted by atomic mass is 10.4. The Balaban J connectivity index is 3.60. The van der Waals surface area contributed by atoms with E-state index in [0.29, 0.717) is 32.5 Å². The maximum absolute atomic E-state index is 11.3. The molecular formula is C7H16N4O3S. The van der Waals surface area contributed by atoms with Crippen LogP contribution in [0.3, 0.4) is 0 Å². The number of nitrogens with zero attached hydrogens (tertiary/aromatic N) is 3. The fraction of sp³-hybridized carbons (Fsp3) is 1.00. The van der Waals surface area contributed by atoms with E-state index in [1.165, 1.54) is 7.11 Å². The van der Waals surface area contributed by atoms with Crippen LogP contribution >= 0.6 is 0 Å². The second-order valence-corrected chi connectivity index (χ2v) is 4.79. The van der Waals surface area contributed by atoms with Gasteiger partial charge in [0.05, 0.1) is 5.75 Å². The van der Waals surface area contributed by atoms with E-state index in [9.17, 15) is 8.42 Å². The molecule has 0 saturated carbocycles. The molecule has 88 valence electrons. The maximum Gasteiger partial charge on any atom is 0.211 e. The molecule has 8 heteroatoms. The van der Waals surface area contributed by atoms with Crippen molar-refractivity contribution in [3.05, 3.63) is 10.4 Å². The highest BCUT2D eigenvalue weighted by atomic mass is 32.2. The number of methoxy groups -OCH3 is 1. The van der Waals surface area contributed by atoms with Crippen molar-refractivity contribution in [3.8, 4) is 0 Å². The average Bonchev–Trinajstić information content (AvgIpc) is 2.17. The topological polar surface area (TPSA) is 104 Å². The molecule has 0 bridgehead atoms. The third kappa shape index (κ3) is 9.48. The summed E-state index contributed by atoms with van der Waals surface area (Å²) in [5.41, 5.74) is 7.97. The summed E-state index contributed by atoms with van der Waals surface area (Å²) in [6.07, 6.45) is 0.982. The van der Waals surface area contributed by atoms with Gasteiger partial charge in [0.25, 0.3) is 0 Å². The lowest BCUT2D eigenvalue weighted by molar-refractivity contribution is 0.199. The van der Waals surface area contributed by atoms with Crippen LogP contribution in [0.2, 0.25) is 0 Å². The van der Waals surface area contributed by atoms with Gasteiger partial charge < -0.3 is 4.74 Å². The Labute approximate surface area is 89.5 Å². The van der Waals surface area contributed by atoms with Gasteiger partial charge in [0.2, 0.25) is 10.0 Å². The number of hydrogen-bond acceptors (Lipinski definition) is 4. The predicted octanol–water partition coefficient (Wildman–Crippen LogP) is 0.643. The molecule has 0 aliphatic heterocycles. The Bertz CT molecular complexity index is 297.